The van der Waals surface area contributed by atoms with Crippen LogP contribution in [0.5, 0.6) is 5.88 Å². The monoisotopic (exact) mass is 362 g/mol. The van der Waals surface area contributed by atoms with E-state index in [-0.39, 0.29) is 0 Å². The minimum atomic E-state index is 0.605. The molecule has 1 N–H and O–H groups in total. The van der Waals surface area contributed by atoms with E-state index in [1.165, 1.54) is 11.1 Å². The summed E-state index contributed by atoms with van der Waals surface area (Å²) in [4.78, 5) is 14.0. The minimum Gasteiger partial charge on any atom is -0.481 e. The molecule has 4 rings (SSSR count). The van der Waals surface area contributed by atoms with E-state index in [1.54, 1.807) is 31.0 Å². The van der Waals surface area contributed by atoms with Crippen molar-refractivity contribution in [1.29, 1.82) is 0 Å². The van der Waals surface area contributed by atoms with Crippen molar-refractivity contribution in [2.24, 2.45) is 0 Å². The second kappa shape index (κ2) is 7.09. The molecule has 1 aromatic carbocycles. The number of aromatic nitrogens is 3. The predicted molar refractivity (Wildman–Crippen MR) is 106 cm³/mol. The number of hydrogen-bond donors (Lipinski definition) is 1. The summed E-state index contributed by atoms with van der Waals surface area (Å²) < 4.78 is 5.19. The number of ether oxygens (including phenoxy) is 1. The van der Waals surface area contributed by atoms with Crippen LogP contribution in [0.4, 0.5) is 5.82 Å². The highest BCUT2D eigenvalue weighted by molar-refractivity contribution is 7.17. The fourth-order valence-corrected chi connectivity index (χ4v) is 3.73. The van der Waals surface area contributed by atoms with E-state index in [0.717, 1.165) is 27.2 Å². The first-order chi connectivity index (χ1) is 12.7. The van der Waals surface area contributed by atoms with Gasteiger partial charge >= 0.3 is 0 Å². The minimum absolute atomic E-state index is 0.605. The summed E-state index contributed by atoms with van der Waals surface area (Å²) in [6.07, 6.45) is 3.35. The highest BCUT2D eigenvalue weighted by Crippen LogP contribution is 2.36. The average Bonchev–Trinajstić information content (AvgIpc) is 3.12. The van der Waals surface area contributed by atoms with Gasteiger partial charge < -0.3 is 10.1 Å². The molecule has 0 spiro atoms. The van der Waals surface area contributed by atoms with Gasteiger partial charge in [-0.2, -0.15) is 0 Å². The molecule has 0 unspecified atom stereocenters. The third-order valence-electron chi connectivity index (χ3n) is 4.20. The third-order valence-corrected chi connectivity index (χ3v) is 5.09. The van der Waals surface area contributed by atoms with E-state index in [1.807, 2.05) is 12.1 Å². The maximum absolute atomic E-state index is 5.19. The molecule has 0 fully saturated rings. The molecule has 26 heavy (non-hydrogen) atoms. The number of methoxy groups -OCH3 is 1. The molecule has 3 aromatic heterocycles. The van der Waals surface area contributed by atoms with Crippen LogP contribution >= 0.6 is 11.3 Å². The van der Waals surface area contributed by atoms with Crippen LogP contribution in [0.1, 0.15) is 11.1 Å². The van der Waals surface area contributed by atoms with Crippen LogP contribution in [0.15, 0.2) is 54.3 Å². The fourth-order valence-electron chi connectivity index (χ4n) is 2.81. The quantitative estimate of drug-likeness (QED) is 0.558. The molecule has 130 valence electrons. The lowest BCUT2D eigenvalue weighted by atomic mass is 10.0. The molecule has 0 bridgehead atoms. The Bertz CT molecular complexity index is 1040. The number of anilines is 1. The lowest BCUT2D eigenvalue weighted by Crippen LogP contribution is -2.03. The molecule has 3 heterocycles. The number of thiophene rings is 1. The highest BCUT2D eigenvalue weighted by atomic mass is 32.1. The topological polar surface area (TPSA) is 59.9 Å². The Morgan fingerprint density at radius 3 is 2.73 bits per heavy atom. The maximum atomic E-state index is 5.19. The Hall–Kier alpha value is -2.99. The summed E-state index contributed by atoms with van der Waals surface area (Å²) in [6, 6.07) is 12.4. The van der Waals surface area contributed by atoms with Gasteiger partial charge in [-0.1, -0.05) is 29.8 Å². The SMILES string of the molecule is COc1cc(CNc2ncnc3scc(-c4ccc(C)cc4)c23)ccn1. The van der Waals surface area contributed by atoms with Crippen molar-refractivity contribution in [2.45, 2.75) is 13.5 Å². The molecular formula is C20H18N4OS. The van der Waals surface area contributed by atoms with Crippen LogP contribution in [0.2, 0.25) is 0 Å². The molecule has 0 aliphatic heterocycles. The van der Waals surface area contributed by atoms with Crippen LogP contribution in [-0.2, 0) is 6.54 Å². The van der Waals surface area contributed by atoms with E-state index in [9.17, 15) is 0 Å². The molecule has 0 radical (unpaired) electrons. The van der Waals surface area contributed by atoms with Gasteiger partial charge in [0, 0.05) is 29.8 Å². The van der Waals surface area contributed by atoms with Crippen LogP contribution in [0.25, 0.3) is 21.3 Å². The number of nitrogens with zero attached hydrogens (tertiary/aromatic N) is 3. The maximum Gasteiger partial charge on any atom is 0.213 e. The lowest BCUT2D eigenvalue weighted by molar-refractivity contribution is 0.397. The number of pyridine rings is 1. The fraction of sp³-hybridized carbons (Fsp3) is 0.150. The largest absolute Gasteiger partial charge is 0.481 e. The second-order valence-electron chi connectivity index (χ2n) is 5.98. The molecule has 6 heteroatoms. The van der Waals surface area contributed by atoms with Crippen molar-refractivity contribution in [3.63, 3.8) is 0 Å². The van der Waals surface area contributed by atoms with E-state index >= 15 is 0 Å². The van der Waals surface area contributed by atoms with Crippen molar-refractivity contribution in [2.75, 3.05) is 12.4 Å². The molecule has 0 atom stereocenters. The zero-order chi connectivity index (χ0) is 17.9. The first kappa shape index (κ1) is 16.5. The van der Waals surface area contributed by atoms with Crippen LogP contribution < -0.4 is 10.1 Å². The van der Waals surface area contributed by atoms with Crippen molar-refractivity contribution >= 4 is 27.4 Å². The van der Waals surface area contributed by atoms with Crippen molar-refractivity contribution < 1.29 is 4.74 Å². The molecule has 0 amide bonds. The Morgan fingerprint density at radius 2 is 1.92 bits per heavy atom. The van der Waals surface area contributed by atoms with E-state index in [0.29, 0.717) is 12.4 Å². The number of hydrogen-bond acceptors (Lipinski definition) is 6. The van der Waals surface area contributed by atoms with Gasteiger partial charge in [0.1, 0.15) is 17.0 Å². The Labute approximate surface area is 155 Å². The van der Waals surface area contributed by atoms with Gasteiger partial charge in [-0.25, -0.2) is 15.0 Å². The standard InChI is InChI=1S/C20H18N4OS/c1-13-3-5-15(6-4-13)16-11-26-20-18(16)19(23-12-24-20)22-10-14-7-8-21-17(9-14)25-2/h3-9,11-12H,10H2,1-2H3,(H,22,23,24). The van der Waals surface area contributed by atoms with E-state index < -0.39 is 0 Å². The summed E-state index contributed by atoms with van der Waals surface area (Å²) in [7, 11) is 1.62. The van der Waals surface area contributed by atoms with Crippen molar-refractivity contribution in [3.05, 3.63) is 65.4 Å². The zero-order valence-corrected chi connectivity index (χ0v) is 15.4. The Balaban J connectivity index is 1.68. The highest BCUT2D eigenvalue weighted by Gasteiger charge is 2.13. The van der Waals surface area contributed by atoms with Gasteiger partial charge in [-0.05, 0) is 24.1 Å². The second-order valence-corrected chi connectivity index (χ2v) is 6.84. The number of nitrogens with one attached hydrogen (secondary N) is 1. The van der Waals surface area contributed by atoms with Gasteiger partial charge in [0.05, 0.1) is 12.5 Å². The van der Waals surface area contributed by atoms with Gasteiger partial charge in [0.25, 0.3) is 0 Å². The normalized spacial score (nSPS) is 10.8. The molecule has 0 saturated heterocycles. The summed E-state index contributed by atoms with van der Waals surface area (Å²) >= 11 is 1.63. The van der Waals surface area contributed by atoms with Gasteiger partial charge in [0.2, 0.25) is 5.88 Å². The van der Waals surface area contributed by atoms with Crippen molar-refractivity contribution in [3.8, 4) is 17.0 Å². The number of rotatable bonds is 5. The number of aryl methyl sites for hydroxylation is 1. The van der Waals surface area contributed by atoms with Crippen LogP contribution in [0, 0.1) is 6.92 Å². The smallest absolute Gasteiger partial charge is 0.213 e. The van der Waals surface area contributed by atoms with Crippen molar-refractivity contribution in [1.82, 2.24) is 15.0 Å². The lowest BCUT2D eigenvalue weighted by Gasteiger charge is -2.09. The van der Waals surface area contributed by atoms with Gasteiger partial charge in [0.15, 0.2) is 0 Å². The number of benzene rings is 1. The summed E-state index contributed by atoms with van der Waals surface area (Å²) in [5, 5.41) is 6.64. The molecule has 4 aromatic rings. The average molecular weight is 362 g/mol. The summed E-state index contributed by atoms with van der Waals surface area (Å²) in [5.41, 5.74) is 4.65. The summed E-state index contributed by atoms with van der Waals surface area (Å²) in [5.74, 6) is 1.44. The molecule has 0 saturated carbocycles. The molecule has 5 nitrogen and oxygen atoms in total. The molecule has 0 aliphatic rings. The zero-order valence-electron chi connectivity index (χ0n) is 14.6. The van der Waals surface area contributed by atoms with E-state index in [2.05, 4.69) is 56.8 Å². The van der Waals surface area contributed by atoms with Crippen LogP contribution in [-0.4, -0.2) is 22.1 Å². The Morgan fingerprint density at radius 1 is 1.08 bits per heavy atom. The summed E-state index contributed by atoms with van der Waals surface area (Å²) in [6.45, 7) is 2.72. The number of fused-ring (bicyclic) bond motifs is 1. The van der Waals surface area contributed by atoms with Gasteiger partial charge in [-0.15, -0.1) is 11.3 Å². The third kappa shape index (κ3) is 3.23. The van der Waals surface area contributed by atoms with Crippen LogP contribution in [0.3, 0.4) is 0 Å². The first-order valence-corrected chi connectivity index (χ1v) is 9.14. The first-order valence-electron chi connectivity index (χ1n) is 8.26. The van der Waals surface area contributed by atoms with Gasteiger partial charge in [-0.3, -0.25) is 0 Å². The molecular weight excluding hydrogens is 344 g/mol. The molecule has 0 aliphatic carbocycles. The Kier molecular flexibility index (Phi) is 4.50. The predicted octanol–water partition coefficient (Wildman–Crippen LogP) is 4.68. The van der Waals surface area contributed by atoms with E-state index in [4.69, 9.17) is 4.74 Å².